The van der Waals surface area contributed by atoms with Gasteiger partial charge in [-0.3, -0.25) is 0 Å². The fourth-order valence-corrected chi connectivity index (χ4v) is 12.3. The van der Waals surface area contributed by atoms with Gasteiger partial charge in [0.25, 0.3) is 0 Å². The van der Waals surface area contributed by atoms with E-state index in [-0.39, 0.29) is 104 Å². The Hall–Kier alpha value is -9.52. The van der Waals surface area contributed by atoms with Crippen LogP contribution in [0.25, 0.3) is 11.1 Å². The third kappa shape index (κ3) is 13.5. The number of carbonyl (C=O) groups excluding carboxylic acids is 4. The molecule has 12 atom stereocenters. The maximum Gasteiger partial charge on any atom is 0.339 e. The van der Waals surface area contributed by atoms with E-state index in [4.69, 9.17) is 114 Å². The number of fused-ring (bicyclic) bond motifs is 2. The van der Waals surface area contributed by atoms with Crippen molar-refractivity contribution < 1.29 is 133 Å². The lowest BCUT2D eigenvalue weighted by Gasteiger charge is -2.50. The van der Waals surface area contributed by atoms with Crippen LogP contribution < -0.4 is 56.8 Å². The molecule has 4 fully saturated rings. The Bertz CT molecular complexity index is 3550. The van der Waals surface area contributed by atoms with Gasteiger partial charge in [-0.1, -0.05) is 60.7 Å². The van der Waals surface area contributed by atoms with Crippen molar-refractivity contribution in [2.75, 3.05) is 113 Å². The van der Waals surface area contributed by atoms with Crippen molar-refractivity contribution in [1.29, 1.82) is 0 Å². The molecule has 4 aliphatic rings. The fourth-order valence-electron chi connectivity index (χ4n) is 12.3. The standard InChI is InChI=1S/C70H78O28/c1-69(37-23-19-17-20-24-37)89-33-47-55(97-69)59(93-63(71)35-27-41(75-3)51(81-9)42(28-35)76-4)61(67(87-15)91-47)95-65(73)39-31-45(79-7)53(83-11)57(85-13)49(39)50-40(32-46(80-8)54(84-12)58(50)86-14)66(74)96-62-60(94-64(72)36-29-43(77-5)52(82-10)44(30-36)78-6)56-48(92-68(62)88-16)34-90-70(2,98-56)38-25-21-18-22-26-38/h17-32,47-48,55-56,59-62,67-68H,33-34H2,1-16H3/t47-,48-,55-,56-,59+,60+,61-,62-,67+,68+,69+,70+/m1/s1. The molecule has 28 heteroatoms. The molecule has 0 radical (unpaired) electrons. The van der Waals surface area contributed by atoms with Crippen LogP contribution in [0.3, 0.4) is 0 Å². The summed E-state index contributed by atoms with van der Waals surface area (Å²) in [5.74, 6) is -7.33. The Morgan fingerprint density at radius 2 is 0.653 bits per heavy atom. The number of benzene rings is 6. The summed E-state index contributed by atoms with van der Waals surface area (Å²) in [7, 11) is 18.7. The van der Waals surface area contributed by atoms with Crippen molar-refractivity contribution in [3.05, 3.63) is 130 Å². The van der Waals surface area contributed by atoms with Crippen LogP contribution in [-0.4, -0.2) is 198 Å². The van der Waals surface area contributed by atoms with Crippen molar-refractivity contribution in [3.63, 3.8) is 0 Å². The van der Waals surface area contributed by atoms with Crippen LogP contribution in [0, 0.1) is 0 Å². The summed E-state index contributed by atoms with van der Waals surface area (Å²) in [5, 5.41) is 0. The van der Waals surface area contributed by atoms with Gasteiger partial charge in [-0.05, 0) is 50.2 Å². The van der Waals surface area contributed by atoms with Gasteiger partial charge in [-0.15, -0.1) is 0 Å². The molecular formula is C70H78O28. The first-order valence-corrected chi connectivity index (χ1v) is 30.5. The Labute approximate surface area is 564 Å². The Morgan fingerprint density at radius 1 is 0.357 bits per heavy atom. The zero-order chi connectivity index (χ0) is 70.3. The molecule has 0 bridgehead atoms. The summed E-state index contributed by atoms with van der Waals surface area (Å²) < 4.78 is 147. The molecule has 4 saturated heterocycles. The molecule has 0 aliphatic carbocycles. The summed E-state index contributed by atoms with van der Waals surface area (Å²) in [6.45, 7) is 3.10. The number of carbonyl (C=O) groups is 4. The van der Waals surface area contributed by atoms with E-state index in [1.165, 1.54) is 136 Å². The molecule has 0 saturated carbocycles. The molecule has 6 aromatic rings. The third-order valence-electron chi connectivity index (χ3n) is 17.1. The molecule has 526 valence electrons. The highest BCUT2D eigenvalue weighted by molar-refractivity contribution is 6.09. The van der Waals surface area contributed by atoms with Gasteiger partial charge < -0.3 is 114 Å². The monoisotopic (exact) mass is 1370 g/mol. The summed E-state index contributed by atoms with van der Waals surface area (Å²) in [5.41, 5.74) is -0.345. The Morgan fingerprint density at radius 3 is 0.939 bits per heavy atom. The molecule has 0 N–H and O–H groups in total. The van der Waals surface area contributed by atoms with Crippen LogP contribution in [0.1, 0.15) is 66.4 Å². The van der Waals surface area contributed by atoms with Gasteiger partial charge in [0.05, 0.1) is 121 Å². The molecule has 28 nitrogen and oxygen atoms in total. The van der Waals surface area contributed by atoms with Gasteiger partial charge >= 0.3 is 23.9 Å². The molecule has 6 aromatic carbocycles. The lowest BCUT2D eigenvalue weighted by atomic mass is 9.91. The number of ether oxygens (including phenoxy) is 24. The zero-order valence-corrected chi connectivity index (χ0v) is 56.9. The summed E-state index contributed by atoms with van der Waals surface area (Å²) >= 11 is 0. The lowest BCUT2D eigenvalue weighted by molar-refractivity contribution is -0.388. The van der Waals surface area contributed by atoms with E-state index < -0.39 is 108 Å². The van der Waals surface area contributed by atoms with Crippen molar-refractivity contribution >= 4 is 23.9 Å². The summed E-state index contributed by atoms with van der Waals surface area (Å²) in [6.07, 6.45) is -14.3. The first kappa shape index (κ1) is 71.3. The van der Waals surface area contributed by atoms with Crippen molar-refractivity contribution in [3.8, 4) is 80.1 Å². The largest absolute Gasteiger partial charge is 0.493 e. The summed E-state index contributed by atoms with van der Waals surface area (Å²) in [6, 6.07) is 26.0. The van der Waals surface area contributed by atoms with Crippen molar-refractivity contribution in [2.24, 2.45) is 0 Å². The lowest BCUT2D eigenvalue weighted by Crippen LogP contribution is -2.66. The molecule has 4 aliphatic heterocycles. The summed E-state index contributed by atoms with van der Waals surface area (Å²) in [4.78, 5) is 62.0. The average Bonchev–Trinajstić information content (AvgIpc) is 0.744. The van der Waals surface area contributed by atoms with Crippen LogP contribution in [0.15, 0.2) is 97.1 Å². The minimum absolute atomic E-state index is 0.0724. The topological polar surface area (TPSA) is 290 Å². The molecular weight excluding hydrogens is 1290 g/mol. The van der Waals surface area contributed by atoms with Gasteiger partial charge in [0.1, 0.15) is 24.4 Å². The smallest absolute Gasteiger partial charge is 0.339 e. The Balaban J connectivity index is 1.13. The quantitative estimate of drug-likeness (QED) is 0.0384. The van der Waals surface area contributed by atoms with Gasteiger partial charge in [0.15, 0.2) is 94.6 Å². The normalized spacial score (nSPS) is 24.7. The Kier molecular flexibility index (Phi) is 22.2. The van der Waals surface area contributed by atoms with E-state index in [1.54, 1.807) is 62.4 Å². The van der Waals surface area contributed by atoms with E-state index in [2.05, 4.69) is 0 Å². The predicted molar refractivity (Wildman–Crippen MR) is 341 cm³/mol. The number of hydrogen-bond donors (Lipinski definition) is 0. The molecule has 10 rings (SSSR count). The number of esters is 4. The highest BCUT2D eigenvalue weighted by atomic mass is 16.8. The van der Waals surface area contributed by atoms with E-state index in [9.17, 15) is 9.59 Å². The first-order chi connectivity index (χ1) is 47.3. The van der Waals surface area contributed by atoms with Crippen LogP contribution in [0.5, 0.6) is 69.0 Å². The number of methoxy groups -OCH3 is 14. The van der Waals surface area contributed by atoms with Crippen LogP contribution in [-0.2, 0) is 68.4 Å². The fraction of sp³-hybridized carbons (Fsp3) is 0.429. The highest BCUT2D eigenvalue weighted by Crippen LogP contribution is 2.55. The molecule has 0 aromatic heterocycles. The minimum Gasteiger partial charge on any atom is -0.493 e. The van der Waals surface area contributed by atoms with Gasteiger partial charge in [-0.25, -0.2) is 19.2 Å². The second-order valence-corrected chi connectivity index (χ2v) is 22.4. The predicted octanol–water partition coefficient (Wildman–Crippen LogP) is 8.28. The second kappa shape index (κ2) is 30.5. The van der Waals surface area contributed by atoms with E-state index in [0.717, 1.165) is 0 Å². The van der Waals surface area contributed by atoms with Gasteiger partial charge in [0, 0.05) is 36.5 Å². The first-order valence-electron chi connectivity index (χ1n) is 30.5. The molecule has 0 spiro atoms. The average molecular weight is 1370 g/mol. The van der Waals surface area contributed by atoms with Crippen molar-refractivity contribution in [1.82, 2.24) is 0 Å². The van der Waals surface area contributed by atoms with Crippen molar-refractivity contribution in [2.45, 2.75) is 86.8 Å². The van der Waals surface area contributed by atoms with Crippen LogP contribution >= 0.6 is 0 Å². The molecule has 4 heterocycles. The van der Waals surface area contributed by atoms with Crippen LogP contribution in [0.2, 0.25) is 0 Å². The van der Waals surface area contributed by atoms with E-state index in [1.807, 2.05) is 12.1 Å². The highest BCUT2D eigenvalue weighted by Gasteiger charge is 2.59. The SMILES string of the molecule is COc1cc(C(=O)O[C@@H]2[C@@H](OC(=O)c3cc(OC)c(OC)c(OC)c3-c3c(C(=O)O[C@H]4[C@@H](OC)O[C@@H]5CO[C@](C)(c6ccccc6)O[C@H]5[C@@H]4OC(=O)c4cc(OC)c(OC)c(OC)c4)cc(OC)c(OC)c3OC)[C@@H](OC)O[C@@H]3CO[C@](C)(c4ccccc4)O[C@@H]23)cc(OC)c1OC. The second-order valence-electron chi connectivity index (χ2n) is 22.4. The molecule has 98 heavy (non-hydrogen) atoms. The zero-order valence-electron chi connectivity index (χ0n) is 56.9. The molecule has 0 unspecified atom stereocenters. The maximum absolute atomic E-state index is 16.1. The third-order valence-corrected chi connectivity index (χ3v) is 17.1. The van der Waals surface area contributed by atoms with Crippen LogP contribution in [0.4, 0.5) is 0 Å². The number of hydrogen-bond acceptors (Lipinski definition) is 28. The molecule has 0 amide bonds. The van der Waals surface area contributed by atoms with E-state index in [0.29, 0.717) is 11.1 Å². The van der Waals surface area contributed by atoms with Gasteiger partial charge in [-0.2, -0.15) is 0 Å². The minimum atomic E-state index is -1.72. The maximum atomic E-state index is 16.1. The van der Waals surface area contributed by atoms with Gasteiger partial charge in [0.2, 0.25) is 23.0 Å². The number of rotatable bonds is 25. The van der Waals surface area contributed by atoms with E-state index >= 15 is 9.59 Å².